The van der Waals surface area contributed by atoms with Crippen molar-refractivity contribution in [2.75, 3.05) is 7.11 Å². The lowest BCUT2D eigenvalue weighted by Crippen LogP contribution is -2.03. The summed E-state index contributed by atoms with van der Waals surface area (Å²) >= 11 is 12.3. The Balaban J connectivity index is 1.89. The molecule has 0 aliphatic rings. The van der Waals surface area contributed by atoms with Crippen molar-refractivity contribution in [1.82, 2.24) is 0 Å². The first kappa shape index (κ1) is 22.7. The number of rotatable bonds is 7. The molecule has 3 aromatic carbocycles. The predicted molar refractivity (Wildman–Crippen MR) is 121 cm³/mol. The molecule has 0 atom stereocenters. The second-order valence-corrected chi connectivity index (χ2v) is 9.07. The lowest BCUT2D eigenvalue weighted by atomic mass is 10.2. The van der Waals surface area contributed by atoms with Crippen molar-refractivity contribution >= 4 is 39.1 Å². The van der Waals surface area contributed by atoms with E-state index in [0.717, 1.165) is 0 Å². The van der Waals surface area contributed by atoms with Crippen molar-refractivity contribution in [3.8, 4) is 17.6 Å². The number of hydrogen-bond acceptors (Lipinski definition) is 5. The quantitative estimate of drug-likeness (QED) is 0.398. The number of methoxy groups -OCH3 is 1. The Morgan fingerprint density at radius 1 is 1.00 bits per heavy atom. The van der Waals surface area contributed by atoms with Crippen LogP contribution < -0.4 is 9.47 Å². The standard InChI is InChI=1S/C23H17Cl2NO4S/c1-29-23-13-16(12-18(14-26)31(27,28)17-6-3-2-4-7-17)10-11-22(23)30-15-19-20(24)8-5-9-21(19)25/h2-13H,15H2,1H3/b18-12+. The van der Waals surface area contributed by atoms with E-state index in [1.165, 1.54) is 25.3 Å². The molecular formula is C23H17Cl2NO4S. The summed E-state index contributed by atoms with van der Waals surface area (Å²) in [5, 5.41) is 10.4. The van der Waals surface area contributed by atoms with Crippen molar-refractivity contribution in [2.24, 2.45) is 0 Å². The van der Waals surface area contributed by atoms with Gasteiger partial charge in [-0.3, -0.25) is 0 Å². The number of nitrogens with zero attached hydrogens (tertiary/aromatic N) is 1. The number of benzene rings is 3. The summed E-state index contributed by atoms with van der Waals surface area (Å²) in [4.78, 5) is -0.330. The molecule has 5 nitrogen and oxygen atoms in total. The number of nitriles is 1. The summed E-state index contributed by atoms with van der Waals surface area (Å²) < 4.78 is 36.6. The molecule has 0 aliphatic heterocycles. The summed E-state index contributed by atoms with van der Waals surface area (Å²) in [5.74, 6) is 0.784. The Morgan fingerprint density at radius 2 is 1.68 bits per heavy atom. The minimum atomic E-state index is -3.94. The molecule has 0 aliphatic carbocycles. The molecular weight excluding hydrogens is 457 g/mol. The van der Waals surface area contributed by atoms with Gasteiger partial charge in [0.05, 0.1) is 12.0 Å². The maximum atomic E-state index is 12.7. The molecule has 158 valence electrons. The Bertz CT molecular complexity index is 1250. The van der Waals surface area contributed by atoms with Crippen molar-refractivity contribution in [2.45, 2.75) is 11.5 Å². The third kappa shape index (κ3) is 5.20. The van der Waals surface area contributed by atoms with E-state index in [1.54, 1.807) is 60.7 Å². The highest BCUT2D eigenvalue weighted by atomic mass is 35.5. The normalized spacial score (nSPS) is 11.6. The number of allylic oxidation sites excluding steroid dienone is 1. The van der Waals surface area contributed by atoms with Gasteiger partial charge in [0.2, 0.25) is 9.84 Å². The highest BCUT2D eigenvalue weighted by molar-refractivity contribution is 7.95. The van der Waals surface area contributed by atoms with Crippen LogP contribution in [-0.4, -0.2) is 15.5 Å². The van der Waals surface area contributed by atoms with Crippen molar-refractivity contribution in [3.05, 3.63) is 92.8 Å². The zero-order valence-corrected chi connectivity index (χ0v) is 18.7. The molecule has 0 saturated carbocycles. The van der Waals surface area contributed by atoms with Crippen LogP contribution in [0.1, 0.15) is 11.1 Å². The summed E-state index contributed by atoms with van der Waals surface area (Å²) in [6, 6.07) is 19.6. The minimum absolute atomic E-state index is 0.0475. The average Bonchev–Trinajstić information content (AvgIpc) is 2.78. The molecule has 8 heteroatoms. The number of ether oxygens (including phenoxy) is 2. The molecule has 0 aromatic heterocycles. The predicted octanol–water partition coefficient (Wildman–Crippen LogP) is 5.92. The van der Waals surface area contributed by atoms with Gasteiger partial charge in [-0.25, -0.2) is 8.42 Å². The molecule has 0 unspecified atom stereocenters. The van der Waals surface area contributed by atoms with Crippen LogP contribution in [0.4, 0.5) is 0 Å². The van der Waals surface area contributed by atoms with Gasteiger partial charge >= 0.3 is 0 Å². The molecule has 0 saturated heterocycles. The van der Waals surface area contributed by atoms with Crippen LogP contribution in [0.3, 0.4) is 0 Å². The fourth-order valence-corrected chi connectivity index (χ4v) is 4.45. The summed E-state index contributed by atoms with van der Waals surface area (Å²) in [5.41, 5.74) is 1.11. The molecule has 0 heterocycles. The monoisotopic (exact) mass is 473 g/mol. The van der Waals surface area contributed by atoms with Gasteiger partial charge in [-0.15, -0.1) is 0 Å². The van der Waals surface area contributed by atoms with Gasteiger partial charge in [-0.1, -0.05) is 53.5 Å². The largest absolute Gasteiger partial charge is 0.493 e. The van der Waals surface area contributed by atoms with E-state index in [0.29, 0.717) is 32.7 Å². The fraction of sp³-hybridized carbons (Fsp3) is 0.0870. The van der Waals surface area contributed by atoms with Crippen molar-refractivity contribution in [1.29, 1.82) is 5.26 Å². The Kier molecular flexibility index (Phi) is 7.24. The maximum Gasteiger partial charge on any atom is 0.216 e. The lowest BCUT2D eigenvalue weighted by Gasteiger charge is -2.13. The lowest BCUT2D eigenvalue weighted by molar-refractivity contribution is 0.284. The van der Waals surface area contributed by atoms with Crippen molar-refractivity contribution in [3.63, 3.8) is 0 Å². The highest BCUT2D eigenvalue weighted by Gasteiger charge is 2.20. The Hall–Kier alpha value is -2.98. The Labute approximate surface area is 191 Å². The van der Waals surface area contributed by atoms with E-state index in [1.807, 2.05) is 0 Å². The molecule has 0 N–H and O–H groups in total. The second-order valence-electron chi connectivity index (χ2n) is 6.34. The molecule has 3 rings (SSSR count). The molecule has 0 amide bonds. The molecule has 3 aromatic rings. The summed E-state index contributed by atoms with van der Waals surface area (Å²) in [7, 11) is -2.47. The van der Waals surface area contributed by atoms with Gasteiger partial charge < -0.3 is 9.47 Å². The van der Waals surface area contributed by atoms with Crippen LogP contribution in [0, 0.1) is 11.3 Å². The highest BCUT2D eigenvalue weighted by Crippen LogP contribution is 2.32. The first-order valence-corrected chi connectivity index (χ1v) is 11.3. The zero-order valence-electron chi connectivity index (χ0n) is 16.4. The minimum Gasteiger partial charge on any atom is -0.493 e. The van der Waals surface area contributed by atoms with Crippen LogP contribution >= 0.6 is 23.2 Å². The maximum absolute atomic E-state index is 12.7. The number of sulfone groups is 1. The van der Waals surface area contributed by atoms with Gasteiger partial charge in [0.1, 0.15) is 17.6 Å². The van der Waals surface area contributed by atoms with E-state index in [-0.39, 0.29) is 16.4 Å². The molecule has 0 bridgehead atoms. The first-order chi connectivity index (χ1) is 14.9. The van der Waals surface area contributed by atoms with Crippen molar-refractivity contribution < 1.29 is 17.9 Å². The average molecular weight is 474 g/mol. The van der Waals surface area contributed by atoms with Crippen LogP contribution in [0.5, 0.6) is 11.5 Å². The van der Waals surface area contributed by atoms with E-state index < -0.39 is 9.84 Å². The van der Waals surface area contributed by atoms with E-state index in [2.05, 4.69) is 0 Å². The fourth-order valence-electron chi connectivity index (χ4n) is 2.76. The van der Waals surface area contributed by atoms with Gasteiger partial charge in [0.25, 0.3) is 0 Å². The zero-order chi connectivity index (χ0) is 22.4. The number of halogens is 2. The molecule has 0 radical (unpaired) electrons. The third-order valence-electron chi connectivity index (χ3n) is 4.37. The topological polar surface area (TPSA) is 76.4 Å². The van der Waals surface area contributed by atoms with E-state index in [4.69, 9.17) is 32.7 Å². The van der Waals surface area contributed by atoms with Crippen LogP contribution in [0.15, 0.2) is 76.5 Å². The molecule has 31 heavy (non-hydrogen) atoms. The van der Waals surface area contributed by atoms with Gasteiger partial charge in [-0.05, 0) is 48.0 Å². The van der Waals surface area contributed by atoms with Crippen LogP contribution in [0.25, 0.3) is 6.08 Å². The van der Waals surface area contributed by atoms with E-state index in [9.17, 15) is 13.7 Å². The first-order valence-electron chi connectivity index (χ1n) is 9.02. The molecule has 0 fully saturated rings. The SMILES string of the molecule is COc1cc(/C=C(\C#N)S(=O)(=O)c2ccccc2)ccc1OCc1c(Cl)cccc1Cl. The van der Waals surface area contributed by atoms with Gasteiger partial charge in [-0.2, -0.15) is 5.26 Å². The summed E-state index contributed by atoms with van der Waals surface area (Å²) in [6.45, 7) is 0.121. The third-order valence-corrected chi connectivity index (χ3v) is 6.76. The second kappa shape index (κ2) is 9.88. The smallest absolute Gasteiger partial charge is 0.216 e. The Morgan fingerprint density at radius 3 is 2.29 bits per heavy atom. The number of hydrogen-bond donors (Lipinski definition) is 0. The van der Waals surface area contributed by atoms with E-state index >= 15 is 0 Å². The van der Waals surface area contributed by atoms with Gasteiger partial charge in [0, 0.05) is 15.6 Å². The van der Waals surface area contributed by atoms with Crippen LogP contribution in [0.2, 0.25) is 10.0 Å². The molecule has 0 spiro atoms. The van der Waals surface area contributed by atoms with Gasteiger partial charge in [0.15, 0.2) is 11.5 Å². The van der Waals surface area contributed by atoms with Crippen LogP contribution in [-0.2, 0) is 16.4 Å². The summed E-state index contributed by atoms with van der Waals surface area (Å²) in [6.07, 6.45) is 1.29.